The number of rotatable bonds is 6. The molecule has 8 nitrogen and oxygen atoms in total. The quantitative estimate of drug-likeness (QED) is 0.624. The van der Waals surface area contributed by atoms with Crippen LogP contribution in [0.2, 0.25) is 0 Å². The number of furan rings is 1. The normalized spacial score (nSPS) is 22.1. The second-order valence-electron chi connectivity index (χ2n) is 10.3. The number of nitrogens with zero attached hydrogens (tertiary/aromatic N) is 2. The van der Waals surface area contributed by atoms with Gasteiger partial charge in [-0.3, -0.25) is 19.6 Å². The Morgan fingerprint density at radius 1 is 1.12 bits per heavy atom. The third-order valence-electron chi connectivity index (χ3n) is 6.87. The molecule has 2 aliphatic rings. The van der Waals surface area contributed by atoms with E-state index in [1.54, 1.807) is 6.07 Å². The Bertz CT molecular complexity index is 928. The van der Waals surface area contributed by atoms with Crippen molar-refractivity contribution in [2.75, 3.05) is 18.4 Å². The van der Waals surface area contributed by atoms with Crippen molar-refractivity contribution in [1.29, 1.82) is 0 Å². The molecule has 0 aromatic carbocycles. The van der Waals surface area contributed by atoms with Crippen LogP contribution in [0.25, 0.3) is 0 Å². The molecule has 0 radical (unpaired) electrons. The van der Waals surface area contributed by atoms with Gasteiger partial charge in [0.1, 0.15) is 11.5 Å². The molecule has 1 saturated carbocycles. The predicted molar refractivity (Wildman–Crippen MR) is 122 cm³/mol. The lowest BCUT2D eigenvalue weighted by molar-refractivity contribution is 0.0900. The summed E-state index contributed by atoms with van der Waals surface area (Å²) in [6.45, 7) is 9.69. The van der Waals surface area contributed by atoms with Gasteiger partial charge in [0.15, 0.2) is 5.76 Å². The molecule has 8 heteroatoms. The van der Waals surface area contributed by atoms with Crippen LogP contribution in [0.15, 0.2) is 22.7 Å². The highest BCUT2D eigenvalue weighted by Crippen LogP contribution is 2.37. The van der Waals surface area contributed by atoms with Gasteiger partial charge in [0.05, 0.1) is 18.4 Å². The van der Waals surface area contributed by atoms with Crippen molar-refractivity contribution in [1.82, 2.24) is 20.4 Å². The van der Waals surface area contributed by atoms with Crippen LogP contribution < -0.4 is 10.6 Å². The number of aromatic nitrogens is 2. The van der Waals surface area contributed by atoms with E-state index in [-0.39, 0.29) is 29.3 Å². The second kappa shape index (κ2) is 9.48. The van der Waals surface area contributed by atoms with Gasteiger partial charge in [0.2, 0.25) is 0 Å². The topological polar surface area (TPSA) is 103 Å². The van der Waals surface area contributed by atoms with Crippen molar-refractivity contribution in [2.45, 2.75) is 71.9 Å². The van der Waals surface area contributed by atoms with Gasteiger partial charge in [-0.25, -0.2) is 0 Å². The molecule has 0 spiro atoms. The summed E-state index contributed by atoms with van der Waals surface area (Å²) in [4.78, 5) is 27.8. The van der Waals surface area contributed by atoms with E-state index in [0.717, 1.165) is 44.5 Å². The van der Waals surface area contributed by atoms with Gasteiger partial charge in [-0.2, -0.15) is 5.10 Å². The van der Waals surface area contributed by atoms with Crippen LogP contribution in [-0.2, 0) is 6.54 Å². The Balaban J connectivity index is 1.32. The fourth-order valence-electron chi connectivity index (χ4n) is 4.85. The van der Waals surface area contributed by atoms with E-state index >= 15 is 0 Å². The molecule has 1 saturated heterocycles. The third-order valence-corrected chi connectivity index (χ3v) is 6.87. The minimum absolute atomic E-state index is 0.145. The van der Waals surface area contributed by atoms with Gasteiger partial charge in [0, 0.05) is 6.04 Å². The first-order valence-corrected chi connectivity index (χ1v) is 11.8. The number of carbonyl (C=O) groups excluding carboxylic acids is 2. The highest BCUT2D eigenvalue weighted by Gasteiger charge is 2.31. The monoisotopic (exact) mass is 441 g/mol. The van der Waals surface area contributed by atoms with E-state index in [9.17, 15) is 9.59 Å². The van der Waals surface area contributed by atoms with Crippen LogP contribution in [0, 0.1) is 11.3 Å². The van der Waals surface area contributed by atoms with Crippen LogP contribution in [0.1, 0.15) is 86.1 Å². The maximum Gasteiger partial charge on any atom is 0.291 e. The molecule has 1 aliphatic carbocycles. The summed E-state index contributed by atoms with van der Waals surface area (Å²) in [5.74, 6) is 1.05. The van der Waals surface area contributed by atoms with Crippen LogP contribution >= 0.6 is 0 Å². The zero-order chi connectivity index (χ0) is 22.7. The van der Waals surface area contributed by atoms with Crippen molar-refractivity contribution in [3.05, 3.63) is 35.5 Å². The molecule has 0 atom stereocenters. The Hall–Kier alpha value is -2.61. The Kier molecular flexibility index (Phi) is 6.69. The molecular weight excluding hydrogens is 406 g/mol. The first-order chi connectivity index (χ1) is 15.3. The second-order valence-corrected chi connectivity index (χ2v) is 10.3. The van der Waals surface area contributed by atoms with Crippen molar-refractivity contribution >= 4 is 17.5 Å². The van der Waals surface area contributed by atoms with Crippen molar-refractivity contribution in [2.24, 2.45) is 11.3 Å². The maximum atomic E-state index is 12.8. The molecule has 2 aromatic heterocycles. The largest absolute Gasteiger partial charge is 0.455 e. The number of carbonyl (C=O) groups is 2. The zero-order valence-corrected chi connectivity index (χ0v) is 19.4. The smallest absolute Gasteiger partial charge is 0.291 e. The lowest BCUT2D eigenvalue weighted by Gasteiger charge is -2.37. The molecule has 3 N–H and O–H groups in total. The van der Waals surface area contributed by atoms with Gasteiger partial charge in [0.25, 0.3) is 11.8 Å². The first kappa shape index (κ1) is 22.6. The maximum absolute atomic E-state index is 12.8. The highest BCUT2D eigenvalue weighted by molar-refractivity contribution is 6.07. The molecule has 174 valence electrons. The Morgan fingerprint density at radius 3 is 2.53 bits per heavy atom. The molecule has 3 heterocycles. The highest BCUT2D eigenvalue weighted by atomic mass is 16.4. The van der Waals surface area contributed by atoms with E-state index in [4.69, 9.17) is 4.42 Å². The average Bonchev–Trinajstić information content (AvgIpc) is 3.50. The Morgan fingerprint density at radius 2 is 1.84 bits per heavy atom. The molecule has 0 unspecified atom stereocenters. The van der Waals surface area contributed by atoms with Gasteiger partial charge in [-0.1, -0.05) is 20.8 Å². The lowest BCUT2D eigenvalue weighted by atomic mass is 9.71. The standard InChI is InChI=1S/C24H35N5O3/c1-24(2,3)16-6-8-17(9-7-16)26-23(31)21-19(14-25-28-21)27-22(30)20-11-10-18(32-20)15-29-12-4-5-13-29/h10-11,14,16-17H,4-9,12-13,15H2,1-3H3,(H,25,28)(H,26,31)(H,27,30). The molecule has 2 fully saturated rings. The average molecular weight is 442 g/mol. The fraction of sp³-hybridized carbons (Fsp3) is 0.625. The van der Waals surface area contributed by atoms with E-state index in [1.807, 2.05) is 6.07 Å². The minimum atomic E-state index is -0.390. The fourth-order valence-corrected chi connectivity index (χ4v) is 4.85. The van der Waals surface area contributed by atoms with Gasteiger partial charge >= 0.3 is 0 Å². The van der Waals surface area contributed by atoms with Gasteiger partial charge in [-0.05, 0) is 75.1 Å². The number of likely N-dealkylation sites (tertiary alicyclic amines) is 1. The van der Waals surface area contributed by atoms with E-state index < -0.39 is 0 Å². The molecule has 4 rings (SSSR count). The molecule has 2 amide bonds. The summed E-state index contributed by atoms with van der Waals surface area (Å²) in [6, 6.07) is 3.66. The number of amides is 2. The van der Waals surface area contributed by atoms with Crippen molar-refractivity contribution < 1.29 is 14.0 Å². The number of nitrogens with one attached hydrogen (secondary N) is 3. The predicted octanol–water partition coefficient (Wildman–Crippen LogP) is 4.19. The SMILES string of the molecule is CC(C)(C)C1CCC(NC(=O)c2[nH]ncc2NC(=O)c2ccc(CN3CCCC3)o2)CC1. The van der Waals surface area contributed by atoms with Crippen LogP contribution in [-0.4, -0.2) is 46.0 Å². The molecule has 32 heavy (non-hydrogen) atoms. The summed E-state index contributed by atoms with van der Waals surface area (Å²) in [5, 5.41) is 12.5. The summed E-state index contributed by atoms with van der Waals surface area (Å²) < 4.78 is 5.73. The minimum Gasteiger partial charge on any atom is -0.455 e. The van der Waals surface area contributed by atoms with Crippen LogP contribution in [0.5, 0.6) is 0 Å². The molecule has 0 bridgehead atoms. The van der Waals surface area contributed by atoms with E-state index in [0.29, 0.717) is 23.6 Å². The number of H-pyrrole nitrogens is 1. The first-order valence-electron chi connectivity index (χ1n) is 11.8. The number of hydrogen-bond donors (Lipinski definition) is 3. The number of hydrogen-bond acceptors (Lipinski definition) is 5. The third kappa shape index (κ3) is 5.41. The molecule has 2 aromatic rings. The number of aromatic amines is 1. The van der Waals surface area contributed by atoms with Crippen LogP contribution in [0.3, 0.4) is 0 Å². The Labute approximate surface area is 189 Å². The number of anilines is 1. The summed E-state index contributed by atoms with van der Waals surface area (Å²) >= 11 is 0. The van der Waals surface area contributed by atoms with Crippen molar-refractivity contribution in [3.63, 3.8) is 0 Å². The zero-order valence-electron chi connectivity index (χ0n) is 19.4. The van der Waals surface area contributed by atoms with Crippen molar-refractivity contribution in [3.8, 4) is 0 Å². The lowest BCUT2D eigenvalue weighted by Crippen LogP contribution is -2.39. The van der Waals surface area contributed by atoms with E-state index in [2.05, 4.69) is 46.5 Å². The molecular formula is C24H35N5O3. The van der Waals surface area contributed by atoms with Gasteiger partial charge in [-0.15, -0.1) is 0 Å². The van der Waals surface area contributed by atoms with E-state index in [1.165, 1.54) is 19.0 Å². The molecule has 1 aliphatic heterocycles. The summed E-state index contributed by atoms with van der Waals surface area (Å²) in [7, 11) is 0. The van der Waals surface area contributed by atoms with Crippen LogP contribution in [0.4, 0.5) is 5.69 Å². The summed E-state index contributed by atoms with van der Waals surface area (Å²) in [5.41, 5.74) is 0.921. The summed E-state index contributed by atoms with van der Waals surface area (Å²) in [6.07, 6.45) is 8.02. The van der Waals surface area contributed by atoms with Gasteiger partial charge < -0.3 is 15.1 Å².